The van der Waals surface area contributed by atoms with E-state index in [1.54, 1.807) is 0 Å². The van der Waals surface area contributed by atoms with Crippen molar-refractivity contribution < 1.29 is 29.4 Å². The molecule has 152 valence electrons. The number of unbranched alkanes of at least 4 members (excludes halogenated alkanes) is 2. The fourth-order valence-corrected chi connectivity index (χ4v) is 3.58. The SMILES string of the molecule is CC(=O)NC(CSCCCC/C=C(\NC(=O)[C@H]1CC1(C)C)C(=O)O)C(=O)O. The van der Waals surface area contributed by atoms with Gasteiger partial charge in [-0.3, -0.25) is 9.59 Å². The summed E-state index contributed by atoms with van der Waals surface area (Å²) in [6, 6.07) is -0.909. The van der Waals surface area contributed by atoms with Crippen LogP contribution in [0.5, 0.6) is 0 Å². The minimum absolute atomic E-state index is 0.0595. The number of thioether (sulfide) groups is 1. The topological polar surface area (TPSA) is 133 Å². The first kappa shape index (κ1) is 23.0. The van der Waals surface area contributed by atoms with Gasteiger partial charge in [0.15, 0.2) is 0 Å². The van der Waals surface area contributed by atoms with Crippen LogP contribution in [0.1, 0.15) is 46.5 Å². The number of carbonyl (C=O) groups excluding carboxylic acids is 2. The van der Waals surface area contributed by atoms with Crippen molar-refractivity contribution >= 4 is 35.5 Å². The van der Waals surface area contributed by atoms with Gasteiger partial charge >= 0.3 is 11.9 Å². The molecule has 1 rings (SSSR count). The van der Waals surface area contributed by atoms with Crippen LogP contribution >= 0.6 is 11.8 Å². The van der Waals surface area contributed by atoms with Gasteiger partial charge in [0.1, 0.15) is 11.7 Å². The Kier molecular flexibility index (Phi) is 8.81. The molecule has 1 aliphatic rings. The van der Waals surface area contributed by atoms with Gasteiger partial charge in [-0.05, 0) is 36.9 Å². The maximum Gasteiger partial charge on any atom is 0.352 e. The van der Waals surface area contributed by atoms with Crippen molar-refractivity contribution in [1.82, 2.24) is 10.6 Å². The Hall–Kier alpha value is -2.03. The van der Waals surface area contributed by atoms with E-state index in [-0.39, 0.29) is 34.6 Å². The smallest absolute Gasteiger partial charge is 0.352 e. The van der Waals surface area contributed by atoms with Crippen molar-refractivity contribution in [3.63, 3.8) is 0 Å². The van der Waals surface area contributed by atoms with Crippen LogP contribution in [-0.4, -0.2) is 51.5 Å². The lowest BCUT2D eigenvalue weighted by molar-refractivity contribution is -0.140. The highest BCUT2D eigenvalue weighted by Gasteiger charge is 2.50. The predicted molar refractivity (Wildman–Crippen MR) is 102 cm³/mol. The first-order valence-corrected chi connectivity index (χ1v) is 10.0. The van der Waals surface area contributed by atoms with Gasteiger partial charge in [0.25, 0.3) is 0 Å². The van der Waals surface area contributed by atoms with Crippen LogP contribution < -0.4 is 10.6 Å². The Bertz CT molecular complexity index is 617. The highest BCUT2D eigenvalue weighted by molar-refractivity contribution is 7.99. The van der Waals surface area contributed by atoms with Crippen molar-refractivity contribution in [2.45, 2.75) is 52.5 Å². The number of rotatable bonds is 12. The monoisotopic (exact) mass is 400 g/mol. The summed E-state index contributed by atoms with van der Waals surface area (Å²) >= 11 is 1.42. The van der Waals surface area contributed by atoms with Crippen LogP contribution in [0.3, 0.4) is 0 Å². The number of allylic oxidation sites excluding steroid dienone is 1. The van der Waals surface area contributed by atoms with Crippen molar-refractivity contribution in [1.29, 1.82) is 0 Å². The standard InChI is InChI=1S/C18H28N2O6S/c1-11(21)19-14(17(25)26)10-27-8-6-4-5-7-13(16(23)24)20-15(22)12-9-18(12,2)3/h7,12,14H,4-6,8-10H2,1-3H3,(H,19,21)(H,20,22)(H,23,24)(H,25,26)/b13-7-/t12-,14?/m1/s1. The molecule has 1 saturated carbocycles. The Morgan fingerprint density at radius 3 is 2.33 bits per heavy atom. The highest BCUT2D eigenvalue weighted by Crippen LogP contribution is 2.51. The minimum Gasteiger partial charge on any atom is -0.480 e. The molecule has 0 aromatic heterocycles. The molecule has 9 heteroatoms. The predicted octanol–water partition coefficient (Wildman–Crippen LogP) is 1.61. The second-order valence-electron chi connectivity index (χ2n) is 7.32. The van der Waals surface area contributed by atoms with E-state index < -0.39 is 18.0 Å². The molecule has 0 bridgehead atoms. The zero-order chi connectivity index (χ0) is 20.6. The highest BCUT2D eigenvalue weighted by atomic mass is 32.2. The Morgan fingerprint density at radius 1 is 1.22 bits per heavy atom. The van der Waals surface area contributed by atoms with E-state index in [4.69, 9.17) is 5.11 Å². The molecule has 0 saturated heterocycles. The lowest BCUT2D eigenvalue weighted by atomic mass is 10.1. The molecule has 2 atom stereocenters. The Balaban J connectivity index is 2.28. The van der Waals surface area contributed by atoms with Gasteiger partial charge < -0.3 is 20.8 Å². The number of carbonyl (C=O) groups is 4. The molecular formula is C18H28N2O6S. The lowest BCUT2D eigenvalue weighted by Gasteiger charge is -2.12. The third kappa shape index (κ3) is 8.47. The van der Waals surface area contributed by atoms with E-state index in [2.05, 4.69) is 10.6 Å². The average molecular weight is 400 g/mol. The van der Waals surface area contributed by atoms with E-state index >= 15 is 0 Å². The summed E-state index contributed by atoms with van der Waals surface area (Å²) in [5.41, 5.74) is -0.150. The van der Waals surface area contributed by atoms with Gasteiger partial charge in [0.05, 0.1) is 0 Å². The zero-order valence-corrected chi connectivity index (χ0v) is 16.7. The number of carboxylic acid groups (broad SMARTS) is 2. The fourth-order valence-electron chi connectivity index (χ4n) is 2.54. The van der Waals surface area contributed by atoms with Crippen molar-refractivity contribution in [2.24, 2.45) is 11.3 Å². The van der Waals surface area contributed by atoms with Crippen LogP contribution in [0.25, 0.3) is 0 Å². The summed E-state index contributed by atoms with van der Waals surface area (Å²) in [7, 11) is 0. The number of hydrogen-bond acceptors (Lipinski definition) is 5. The fraction of sp³-hybridized carbons (Fsp3) is 0.667. The molecule has 27 heavy (non-hydrogen) atoms. The van der Waals surface area contributed by atoms with Crippen molar-refractivity contribution in [3.05, 3.63) is 11.8 Å². The van der Waals surface area contributed by atoms with Gasteiger partial charge in [-0.25, -0.2) is 9.59 Å². The summed E-state index contributed by atoms with van der Waals surface area (Å²) in [4.78, 5) is 45.2. The van der Waals surface area contributed by atoms with E-state index in [0.29, 0.717) is 18.6 Å². The van der Waals surface area contributed by atoms with Crippen LogP contribution in [0.4, 0.5) is 0 Å². The summed E-state index contributed by atoms with van der Waals surface area (Å²) < 4.78 is 0. The van der Waals surface area contributed by atoms with E-state index in [1.165, 1.54) is 24.8 Å². The second kappa shape index (κ2) is 10.3. The first-order chi connectivity index (χ1) is 12.5. The van der Waals surface area contributed by atoms with Crippen LogP contribution in [0.15, 0.2) is 11.8 Å². The summed E-state index contributed by atoms with van der Waals surface area (Å²) in [5.74, 6) is -2.02. The van der Waals surface area contributed by atoms with Gasteiger partial charge in [-0.15, -0.1) is 0 Å². The third-order valence-corrected chi connectivity index (χ3v) is 5.52. The molecule has 8 nitrogen and oxygen atoms in total. The summed E-state index contributed by atoms with van der Waals surface area (Å²) in [5, 5.41) is 23.1. The van der Waals surface area contributed by atoms with E-state index in [9.17, 15) is 24.3 Å². The Labute approximate surface area is 163 Å². The quantitative estimate of drug-likeness (QED) is 0.289. The molecule has 1 aliphatic carbocycles. The molecule has 1 unspecified atom stereocenters. The van der Waals surface area contributed by atoms with Crippen LogP contribution in [-0.2, 0) is 19.2 Å². The van der Waals surface area contributed by atoms with Gasteiger partial charge in [0.2, 0.25) is 11.8 Å². The molecule has 0 aliphatic heterocycles. The molecule has 2 amide bonds. The van der Waals surface area contributed by atoms with Gasteiger partial charge in [0, 0.05) is 18.6 Å². The largest absolute Gasteiger partial charge is 0.480 e. The summed E-state index contributed by atoms with van der Waals surface area (Å²) in [6.45, 7) is 5.22. The van der Waals surface area contributed by atoms with E-state index in [1.807, 2.05) is 13.8 Å². The molecule has 0 radical (unpaired) electrons. The third-order valence-electron chi connectivity index (χ3n) is 4.37. The van der Waals surface area contributed by atoms with Gasteiger partial charge in [-0.2, -0.15) is 11.8 Å². The maximum atomic E-state index is 12.0. The molecule has 1 fully saturated rings. The number of carboxylic acids is 2. The normalized spacial score (nSPS) is 19.1. The first-order valence-electron chi connectivity index (χ1n) is 8.86. The average Bonchev–Trinajstić information content (AvgIpc) is 3.19. The number of nitrogens with one attached hydrogen (secondary N) is 2. The van der Waals surface area contributed by atoms with Crippen LogP contribution in [0.2, 0.25) is 0 Å². The molecule has 4 N–H and O–H groups in total. The number of amides is 2. The van der Waals surface area contributed by atoms with E-state index in [0.717, 1.165) is 12.8 Å². The van der Waals surface area contributed by atoms with Crippen molar-refractivity contribution in [3.8, 4) is 0 Å². The lowest BCUT2D eigenvalue weighted by Crippen LogP contribution is -2.41. The zero-order valence-electron chi connectivity index (χ0n) is 15.9. The molecular weight excluding hydrogens is 372 g/mol. The Morgan fingerprint density at radius 2 is 1.85 bits per heavy atom. The van der Waals surface area contributed by atoms with Crippen LogP contribution in [0, 0.1) is 11.3 Å². The van der Waals surface area contributed by atoms with Crippen molar-refractivity contribution in [2.75, 3.05) is 11.5 Å². The molecule has 0 heterocycles. The maximum absolute atomic E-state index is 12.0. The minimum atomic E-state index is -1.16. The number of aliphatic carboxylic acids is 2. The van der Waals surface area contributed by atoms with Gasteiger partial charge in [-0.1, -0.05) is 19.9 Å². The molecule has 0 aromatic rings. The molecule has 0 aromatic carbocycles. The second-order valence-corrected chi connectivity index (χ2v) is 8.47. The number of hydrogen-bond donors (Lipinski definition) is 4. The summed E-state index contributed by atoms with van der Waals surface area (Å²) in [6.07, 6.45) is 4.26. The molecule has 0 spiro atoms.